The summed E-state index contributed by atoms with van der Waals surface area (Å²) in [5.41, 5.74) is -0.355. The van der Waals surface area contributed by atoms with Gasteiger partial charge in [-0.05, 0) is 66.8 Å². The van der Waals surface area contributed by atoms with Gasteiger partial charge in [0.2, 0.25) is 0 Å². The number of ether oxygens (including phenoxy) is 3. The zero-order valence-corrected chi connectivity index (χ0v) is 21.5. The molecule has 1 saturated carbocycles. The molecule has 2 aliphatic rings. The van der Waals surface area contributed by atoms with Crippen LogP contribution in [0.2, 0.25) is 0 Å². The Morgan fingerprint density at radius 2 is 1.41 bits per heavy atom. The quantitative estimate of drug-likeness (QED) is 0.239. The van der Waals surface area contributed by atoms with Crippen molar-refractivity contribution in [1.29, 1.82) is 0 Å². The second-order valence-corrected chi connectivity index (χ2v) is 10.2. The van der Waals surface area contributed by atoms with Crippen molar-refractivity contribution in [3.63, 3.8) is 0 Å². The molecule has 1 aliphatic heterocycles. The molecule has 0 spiro atoms. The zero-order chi connectivity index (χ0) is 28.2. The Morgan fingerprint density at radius 3 is 1.95 bits per heavy atom. The van der Waals surface area contributed by atoms with Gasteiger partial charge in [0.05, 0.1) is 13.2 Å². The average molecular weight is 561 g/mol. The normalized spacial score (nSPS) is 24.8. The first kappa shape index (κ1) is 29.6. The van der Waals surface area contributed by atoms with Gasteiger partial charge in [-0.25, -0.2) is 13.5 Å². The molecule has 2 fully saturated rings. The van der Waals surface area contributed by atoms with Gasteiger partial charge >= 0.3 is 12.5 Å². The smallest absolute Gasteiger partial charge is 0.352 e. The maximum Gasteiger partial charge on any atom is 0.527 e. The average Bonchev–Trinajstić information content (AvgIpc) is 2.87. The Bertz CT molecular complexity index is 1090. The van der Waals surface area contributed by atoms with E-state index in [1.807, 2.05) is 24.3 Å². The molecular formula is C29H31F7O3. The summed E-state index contributed by atoms with van der Waals surface area (Å²) in [6.07, 6.45) is -2.02. The van der Waals surface area contributed by atoms with Crippen LogP contribution >= 0.6 is 0 Å². The van der Waals surface area contributed by atoms with Crippen molar-refractivity contribution < 1.29 is 44.9 Å². The molecule has 10 heteroatoms. The Labute approximate surface area is 222 Å². The SMILES string of the molecule is CCCC1COC(C2CCC(c3ccc(C=Cc4cc(F)c(C(F)(F)OC(F)(F)F)c(F)c4)cc3)CC2)OC1. The molecule has 39 heavy (non-hydrogen) atoms. The molecule has 1 saturated heterocycles. The summed E-state index contributed by atoms with van der Waals surface area (Å²) in [7, 11) is 0. The molecule has 2 aromatic rings. The lowest BCUT2D eigenvalue weighted by Gasteiger charge is -2.37. The van der Waals surface area contributed by atoms with E-state index in [-0.39, 0.29) is 11.9 Å². The number of benzene rings is 2. The summed E-state index contributed by atoms with van der Waals surface area (Å²) in [5.74, 6) is -2.43. The van der Waals surface area contributed by atoms with Crippen LogP contribution in [0.1, 0.15) is 73.6 Å². The molecule has 3 nitrogen and oxygen atoms in total. The lowest BCUT2D eigenvalue weighted by molar-refractivity contribution is -0.432. The van der Waals surface area contributed by atoms with Crippen molar-refractivity contribution in [2.24, 2.45) is 11.8 Å². The molecule has 1 aliphatic carbocycles. The maximum atomic E-state index is 14.1. The van der Waals surface area contributed by atoms with Crippen molar-refractivity contribution in [3.8, 4) is 0 Å². The van der Waals surface area contributed by atoms with Gasteiger partial charge in [-0.15, -0.1) is 13.2 Å². The fraction of sp³-hybridized carbons (Fsp3) is 0.517. The standard InChI is InChI=1S/C29H31F7O3/c1-2-3-20-16-37-27(38-17-20)23-12-10-22(11-13-23)21-8-6-18(7-9-21)4-5-19-14-24(30)26(25(31)15-19)28(32,33)39-29(34,35)36/h4-9,14-15,20,22-23,27H,2-3,10-13,16-17H2,1H3. The highest BCUT2D eigenvalue weighted by Crippen LogP contribution is 2.40. The first-order valence-corrected chi connectivity index (χ1v) is 13.1. The van der Waals surface area contributed by atoms with Crippen LogP contribution < -0.4 is 0 Å². The second-order valence-electron chi connectivity index (χ2n) is 10.2. The van der Waals surface area contributed by atoms with Crippen molar-refractivity contribution in [2.45, 2.75) is 70.1 Å². The summed E-state index contributed by atoms with van der Waals surface area (Å²) in [6, 6.07) is 8.69. The molecule has 0 bridgehead atoms. The molecule has 0 radical (unpaired) electrons. The van der Waals surface area contributed by atoms with Gasteiger partial charge in [-0.3, -0.25) is 0 Å². The fourth-order valence-corrected chi connectivity index (χ4v) is 5.36. The van der Waals surface area contributed by atoms with Crippen LogP contribution in [0.25, 0.3) is 12.2 Å². The number of halogens is 7. The van der Waals surface area contributed by atoms with Gasteiger partial charge < -0.3 is 9.47 Å². The highest BCUT2D eigenvalue weighted by molar-refractivity contribution is 5.70. The van der Waals surface area contributed by atoms with E-state index < -0.39 is 29.7 Å². The van der Waals surface area contributed by atoms with Gasteiger partial charge in [0.1, 0.15) is 17.2 Å². The van der Waals surface area contributed by atoms with E-state index in [1.54, 1.807) is 0 Å². The van der Waals surface area contributed by atoms with E-state index in [4.69, 9.17) is 9.47 Å². The molecule has 0 atom stereocenters. The van der Waals surface area contributed by atoms with Gasteiger partial charge in [0, 0.05) is 11.8 Å². The van der Waals surface area contributed by atoms with E-state index in [0.29, 0.717) is 35.4 Å². The highest BCUT2D eigenvalue weighted by atomic mass is 19.4. The van der Waals surface area contributed by atoms with Crippen LogP contribution in [-0.2, 0) is 20.3 Å². The second kappa shape index (κ2) is 12.4. The number of alkyl halides is 5. The van der Waals surface area contributed by atoms with E-state index in [9.17, 15) is 30.7 Å². The third-order valence-electron chi connectivity index (χ3n) is 7.32. The topological polar surface area (TPSA) is 27.7 Å². The molecule has 214 valence electrons. The lowest BCUT2D eigenvalue weighted by Crippen LogP contribution is -2.38. The van der Waals surface area contributed by atoms with Crippen LogP contribution in [0.3, 0.4) is 0 Å². The van der Waals surface area contributed by atoms with Gasteiger partial charge in [-0.2, -0.15) is 8.78 Å². The molecule has 1 heterocycles. The van der Waals surface area contributed by atoms with Crippen molar-refractivity contribution >= 4 is 12.2 Å². The monoisotopic (exact) mass is 560 g/mol. The Hall–Kier alpha value is -2.43. The van der Waals surface area contributed by atoms with Crippen molar-refractivity contribution in [1.82, 2.24) is 0 Å². The van der Waals surface area contributed by atoms with Crippen LogP contribution in [-0.4, -0.2) is 25.9 Å². The van der Waals surface area contributed by atoms with E-state index in [1.165, 1.54) is 17.7 Å². The Morgan fingerprint density at radius 1 is 0.846 bits per heavy atom. The Balaban J connectivity index is 1.33. The lowest BCUT2D eigenvalue weighted by atomic mass is 9.78. The highest BCUT2D eigenvalue weighted by Gasteiger charge is 2.49. The Kier molecular flexibility index (Phi) is 9.39. The first-order chi connectivity index (χ1) is 18.4. The molecule has 2 aromatic carbocycles. The molecule has 0 unspecified atom stereocenters. The van der Waals surface area contributed by atoms with E-state index in [2.05, 4.69) is 11.7 Å². The minimum Gasteiger partial charge on any atom is -0.352 e. The van der Waals surface area contributed by atoms with Gasteiger partial charge in [0.25, 0.3) is 0 Å². The zero-order valence-electron chi connectivity index (χ0n) is 21.5. The van der Waals surface area contributed by atoms with Crippen molar-refractivity contribution in [2.75, 3.05) is 13.2 Å². The van der Waals surface area contributed by atoms with Gasteiger partial charge in [0.15, 0.2) is 6.29 Å². The minimum atomic E-state index is -5.78. The summed E-state index contributed by atoms with van der Waals surface area (Å²) in [6.45, 7) is 3.68. The maximum absolute atomic E-state index is 14.1. The molecule has 0 amide bonds. The molecule has 0 N–H and O–H groups in total. The van der Waals surface area contributed by atoms with E-state index >= 15 is 0 Å². The predicted molar refractivity (Wildman–Crippen MR) is 132 cm³/mol. The molecule has 4 rings (SSSR count). The molecule has 0 aromatic heterocycles. The van der Waals surface area contributed by atoms with Crippen LogP contribution in [0.15, 0.2) is 36.4 Å². The summed E-state index contributed by atoms with van der Waals surface area (Å²) >= 11 is 0. The third kappa shape index (κ3) is 7.83. The largest absolute Gasteiger partial charge is 0.527 e. The summed E-state index contributed by atoms with van der Waals surface area (Å²) in [4.78, 5) is 0. The first-order valence-electron chi connectivity index (χ1n) is 13.1. The minimum absolute atomic E-state index is 0.126. The van der Waals surface area contributed by atoms with Crippen molar-refractivity contribution in [3.05, 3.63) is 70.3 Å². The van der Waals surface area contributed by atoms with Crippen LogP contribution in [0, 0.1) is 23.5 Å². The van der Waals surface area contributed by atoms with Crippen LogP contribution in [0.5, 0.6) is 0 Å². The van der Waals surface area contributed by atoms with E-state index in [0.717, 1.165) is 51.7 Å². The number of rotatable bonds is 8. The summed E-state index contributed by atoms with van der Waals surface area (Å²) in [5, 5.41) is 0. The third-order valence-corrected chi connectivity index (χ3v) is 7.32. The number of hydrogen-bond donors (Lipinski definition) is 0. The number of hydrogen-bond acceptors (Lipinski definition) is 3. The predicted octanol–water partition coefficient (Wildman–Crippen LogP) is 8.78. The van der Waals surface area contributed by atoms with Gasteiger partial charge in [-0.1, -0.05) is 49.8 Å². The van der Waals surface area contributed by atoms with Crippen LogP contribution in [0.4, 0.5) is 30.7 Å². The summed E-state index contributed by atoms with van der Waals surface area (Å²) < 4.78 is 107. The molecular weight excluding hydrogens is 529 g/mol. The fourth-order valence-electron chi connectivity index (χ4n) is 5.36.